The highest BCUT2D eigenvalue weighted by Crippen LogP contribution is 2.69. The first-order valence-electron chi connectivity index (χ1n) is 13.9. The Hall–Kier alpha value is -1.95. The van der Waals surface area contributed by atoms with Gasteiger partial charge in [-0.2, -0.15) is 0 Å². The average molecular weight is 602 g/mol. The molecule has 13 heteroatoms. The number of rotatable bonds is 8. The number of aliphatic hydroxyl groups excluding tert-OH is 1. The van der Waals surface area contributed by atoms with E-state index in [-0.39, 0.29) is 25.2 Å². The standard InChI is InChI=1S/C28H41FNO10P/c1-24(2,3)40-23(34)30-12-13-38-41(36,37)39-16-22(33)27(35)11-9-19-20-7-6-17-14-18(31)8-10-25(17,4)28(20,29)21(32)15-26(19,27)5/h8,10,14,19-21,32,35H,6-7,9,11-13,15-16H2,1-5H3,(H,30,34)(H,36,37)/t19-,20-,21-,25-,26-,27-,28-/m0/s1. The molecule has 3 saturated carbocycles. The minimum atomic E-state index is -4.73. The van der Waals surface area contributed by atoms with E-state index >= 15 is 4.39 Å². The minimum absolute atomic E-state index is 0.0280. The molecule has 0 aliphatic heterocycles. The third kappa shape index (κ3) is 5.47. The number of phosphoric ester groups is 1. The zero-order valence-corrected chi connectivity index (χ0v) is 25.0. The van der Waals surface area contributed by atoms with Gasteiger partial charge in [0.25, 0.3) is 0 Å². The molecule has 4 aliphatic carbocycles. The third-order valence-electron chi connectivity index (χ3n) is 9.64. The number of fused-ring (bicyclic) bond motifs is 5. The van der Waals surface area contributed by atoms with Gasteiger partial charge in [0.2, 0.25) is 0 Å². The summed E-state index contributed by atoms with van der Waals surface area (Å²) in [6.07, 6.45) is 2.86. The lowest BCUT2D eigenvalue weighted by atomic mass is 9.44. The van der Waals surface area contributed by atoms with Gasteiger partial charge in [-0.15, -0.1) is 0 Å². The first kappa shape index (κ1) is 32.0. The number of carbonyl (C=O) groups is 3. The van der Waals surface area contributed by atoms with Crippen molar-refractivity contribution < 1.29 is 52.2 Å². The number of alkyl halides is 1. The van der Waals surface area contributed by atoms with E-state index in [0.717, 1.165) is 0 Å². The van der Waals surface area contributed by atoms with Gasteiger partial charge in [-0.3, -0.25) is 18.6 Å². The summed E-state index contributed by atoms with van der Waals surface area (Å²) in [7, 11) is -4.73. The highest BCUT2D eigenvalue weighted by atomic mass is 31.2. The molecule has 230 valence electrons. The maximum atomic E-state index is 17.1. The fourth-order valence-electron chi connectivity index (χ4n) is 7.60. The number of halogens is 1. The number of aliphatic hydroxyl groups is 2. The summed E-state index contributed by atoms with van der Waals surface area (Å²) < 4.78 is 44.2. The highest BCUT2D eigenvalue weighted by molar-refractivity contribution is 7.47. The molecule has 1 amide bonds. The maximum absolute atomic E-state index is 17.1. The summed E-state index contributed by atoms with van der Waals surface area (Å²) >= 11 is 0. The summed E-state index contributed by atoms with van der Waals surface area (Å²) in [5.74, 6) is -2.24. The predicted octanol–water partition coefficient (Wildman–Crippen LogP) is 3.32. The second kappa shape index (κ2) is 10.6. The Morgan fingerprint density at radius 2 is 1.88 bits per heavy atom. The van der Waals surface area contributed by atoms with Gasteiger partial charge in [0, 0.05) is 23.3 Å². The number of hydrogen-bond acceptors (Lipinski definition) is 9. The van der Waals surface area contributed by atoms with E-state index in [9.17, 15) is 34.1 Å². The van der Waals surface area contributed by atoms with Crippen molar-refractivity contribution in [1.82, 2.24) is 5.32 Å². The quantitative estimate of drug-likeness (QED) is 0.239. The normalized spacial score (nSPS) is 39.6. The van der Waals surface area contributed by atoms with Gasteiger partial charge in [0.05, 0.1) is 12.7 Å². The first-order valence-corrected chi connectivity index (χ1v) is 15.4. The summed E-state index contributed by atoms with van der Waals surface area (Å²) in [5, 5.41) is 25.4. The van der Waals surface area contributed by atoms with Crippen LogP contribution in [0.4, 0.5) is 9.18 Å². The Balaban J connectivity index is 1.41. The van der Waals surface area contributed by atoms with E-state index in [1.807, 2.05) is 0 Å². The van der Waals surface area contributed by atoms with Crippen LogP contribution in [0.2, 0.25) is 0 Å². The first-order chi connectivity index (χ1) is 18.8. The summed E-state index contributed by atoms with van der Waals surface area (Å²) in [5.41, 5.74) is -6.66. The number of ketones is 2. The van der Waals surface area contributed by atoms with Gasteiger partial charge >= 0.3 is 13.9 Å². The van der Waals surface area contributed by atoms with E-state index < -0.39 is 78.6 Å². The van der Waals surface area contributed by atoms with Gasteiger partial charge < -0.3 is 25.2 Å². The van der Waals surface area contributed by atoms with E-state index in [1.54, 1.807) is 34.6 Å². The highest BCUT2D eigenvalue weighted by Gasteiger charge is 2.74. The van der Waals surface area contributed by atoms with Crippen molar-refractivity contribution in [1.29, 1.82) is 0 Å². The molecule has 1 unspecified atom stereocenters. The van der Waals surface area contributed by atoms with Crippen LogP contribution in [0.3, 0.4) is 0 Å². The predicted molar refractivity (Wildman–Crippen MR) is 144 cm³/mol. The molecule has 0 bridgehead atoms. The second-order valence-corrected chi connectivity index (χ2v) is 14.5. The topological polar surface area (TPSA) is 169 Å². The summed E-state index contributed by atoms with van der Waals surface area (Å²) in [6.45, 7) is 6.86. The van der Waals surface area contributed by atoms with Crippen LogP contribution in [0.1, 0.15) is 66.7 Å². The van der Waals surface area contributed by atoms with Crippen LogP contribution in [0.15, 0.2) is 23.8 Å². The van der Waals surface area contributed by atoms with Crippen molar-refractivity contribution >= 4 is 25.5 Å². The van der Waals surface area contributed by atoms with Gasteiger partial charge in [0.1, 0.15) is 17.8 Å². The van der Waals surface area contributed by atoms with Gasteiger partial charge in [-0.05, 0) is 77.9 Å². The molecule has 4 aliphatic rings. The van der Waals surface area contributed by atoms with Crippen molar-refractivity contribution in [3.63, 3.8) is 0 Å². The largest absolute Gasteiger partial charge is 0.472 e. The van der Waals surface area contributed by atoms with E-state index in [4.69, 9.17) is 13.8 Å². The van der Waals surface area contributed by atoms with E-state index in [1.165, 1.54) is 18.2 Å². The Morgan fingerprint density at radius 3 is 2.54 bits per heavy atom. The zero-order valence-electron chi connectivity index (χ0n) is 24.1. The molecule has 0 aromatic heterocycles. The number of phosphoric acid groups is 1. The van der Waals surface area contributed by atoms with Crippen LogP contribution in [0, 0.1) is 22.7 Å². The fraction of sp³-hybridized carbons (Fsp3) is 0.750. The van der Waals surface area contributed by atoms with Crippen LogP contribution in [-0.2, 0) is 27.9 Å². The molecule has 0 heterocycles. The number of ether oxygens (including phenoxy) is 1. The SMILES string of the molecule is CC(C)(C)OC(=O)NCCOP(=O)(O)OCC(=O)[C@@]1(O)CC[C@H]2[C@@H]3CCC4=CC(=O)C=C[C@]4(C)[C@@]3(F)[C@@H](O)C[C@@]21C. The average Bonchev–Trinajstić information content (AvgIpc) is 3.12. The van der Waals surface area contributed by atoms with Crippen molar-refractivity contribution in [2.45, 2.75) is 89.7 Å². The van der Waals surface area contributed by atoms with Gasteiger partial charge in [0.15, 0.2) is 17.2 Å². The number of amides is 1. The molecule has 0 spiro atoms. The Morgan fingerprint density at radius 1 is 1.20 bits per heavy atom. The molecule has 41 heavy (non-hydrogen) atoms. The molecule has 0 radical (unpaired) electrons. The van der Waals surface area contributed by atoms with Gasteiger partial charge in [-0.1, -0.05) is 18.6 Å². The number of Topliss-reactive ketones (excluding diaryl/α,β-unsaturated/α-hetero) is 1. The molecule has 0 aromatic carbocycles. The summed E-state index contributed by atoms with van der Waals surface area (Å²) in [4.78, 5) is 47.0. The van der Waals surface area contributed by atoms with Crippen molar-refractivity contribution in [3.05, 3.63) is 23.8 Å². The van der Waals surface area contributed by atoms with Crippen LogP contribution in [0.5, 0.6) is 0 Å². The van der Waals surface area contributed by atoms with Gasteiger partial charge in [-0.25, -0.2) is 13.8 Å². The van der Waals surface area contributed by atoms with Crippen molar-refractivity contribution in [3.8, 4) is 0 Å². The van der Waals surface area contributed by atoms with E-state index in [2.05, 4.69) is 5.32 Å². The molecular formula is C28H41FNO10P. The van der Waals surface area contributed by atoms with Crippen molar-refractivity contribution in [2.24, 2.45) is 22.7 Å². The molecule has 0 aromatic rings. The maximum Gasteiger partial charge on any atom is 0.472 e. The molecule has 3 fully saturated rings. The molecule has 0 saturated heterocycles. The Labute approximate surface area is 239 Å². The van der Waals surface area contributed by atoms with Crippen LogP contribution >= 0.6 is 7.82 Å². The Kier molecular flexibility index (Phi) is 8.30. The summed E-state index contributed by atoms with van der Waals surface area (Å²) in [6, 6.07) is 0. The second-order valence-electron chi connectivity index (χ2n) is 13.1. The zero-order chi connectivity index (χ0) is 30.6. The minimum Gasteiger partial charge on any atom is -0.444 e. The molecular weight excluding hydrogens is 560 g/mol. The van der Waals surface area contributed by atoms with E-state index in [0.29, 0.717) is 24.8 Å². The number of carbonyl (C=O) groups excluding carboxylic acids is 3. The smallest absolute Gasteiger partial charge is 0.444 e. The number of allylic oxidation sites excluding steroid dienone is 4. The molecule has 4 N–H and O–H groups in total. The monoisotopic (exact) mass is 601 g/mol. The third-order valence-corrected chi connectivity index (χ3v) is 10.6. The van der Waals surface area contributed by atoms with Crippen LogP contribution < -0.4 is 5.32 Å². The molecule has 11 nitrogen and oxygen atoms in total. The lowest BCUT2D eigenvalue weighted by Crippen LogP contribution is -2.69. The van der Waals surface area contributed by atoms with Crippen molar-refractivity contribution in [2.75, 3.05) is 19.8 Å². The number of alkyl carbamates (subject to hydrolysis) is 1. The Bertz CT molecular complexity index is 1210. The number of hydrogen-bond donors (Lipinski definition) is 4. The lowest BCUT2D eigenvalue weighted by molar-refractivity contribution is -0.217. The van der Waals surface area contributed by atoms with Crippen LogP contribution in [0.25, 0.3) is 0 Å². The fourth-order valence-corrected chi connectivity index (χ4v) is 8.28. The molecule has 4 rings (SSSR count). The lowest BCUT2D eigenvalue weighted by Gasteiger charge is -2.62. The van der Waals surface area contributed by atoms with Crippen LogP contribution in [-0.4, -0.2) is 75.5 Å². The molecule has 8 atom stereocenters. The number of nitrogens with one attached hydrogen (secondary N) is 1.